The summed E-state index contributed by atoms with van der Waals surface area (Å²) in [5, 5.41) is 11.5. The number of fused-ring (bicyclic) bond motifs is 2. The van der Waals surface area contributed by atoms with Crippen LogP contribution in [0.3, 0.4) is 0 Å². The molecule has 1 N–H and O–H groups in total. The minimum Gasteiger partial charge on any atom is -0.355 e. The maximum Gasteiger partial charge on any atom is 0.393 e. The maximum atomic E-state index is 13.2. The lowest BCUT2D eigenvalue weighted by Crippen LogP contribution is -2.43. The summed E-state index contributed by atoms with van der Waals surface area (Å²) >= 11 is 1.12. The molecule has 1 unspecified atom stereocenters. The molecule has 51 heavy (non-hydrogen) atoms. The second-order valence-electron chi connectivity index (χ2n) is 14.5. The molecule has 0 bridgehead atoms. The number of likely N-dealkylation sites (tertiary alicyclic amines) is 2. The summed E-state index contributed by atoms with van der Waals surface area (Å²) < 4.78 is 68.6. The number of sulfonamides is 1. The van der Waals surface area contributed by atoms with Crippen LogP contribution in [0.15, 0.2) is 24.3 Å². The van der Waals surface area contributed by atoms with Crippen LogP contribution in [-0.2, 0) is 36.0 Å². The third-order valence-corrected chi connectivity index (χ3v) is 14.2. The van der Waals surface area contributed by atoms with Gasteiger partial charge in [-0.1, -0.05) is 13.0 Å². The van der Waals surface area contributed by atoms with Crippen molar-refractivity contribution in [3.05, 3.63) is 51.8 Å². The van der Waals surface area contributed by atoms with Crippen LogP contribution in [0.4, 0.5) is 19.0 Å². The summed E-state index contributed by atoms with van der Waals surface area (Å²) in [6, 6.07) is 10.3. The molecule has 0 radical (unpaired) electrons. The molecule has 0 saturated carbocycles. The van der Waals surface area contributed by atoms with E-state index in [2.05, 4.69) is 54.1 Å². The lowest BCUT2D eigenvalue weighted by Gasteiger charge is -2.31. The first-order valence-corrected chi connectivity index (χ1v) is 20.2. The minimum atomic E-state index is -4.27. The largest absolute Gasteiger partial charge is 0.393 e. The first-order valence-electron chi connectivity index (χ1n) is 17.8. The van der Waals surface area contributed by atoms with E-state index in [1.54, 1.807) is 6.07 Å². The number of rotatable bonds is 10. The molecule has 1 aromatic carbocycles. The van der Waals surface area contributed by atoms with Gasteiger partial charge in [-0.15, -0.1) is 11.3 Å². The Morgan fingerprint density at radius 2 is 1.80 bits per heavy atom. The number of aryl methyl sites for hydroxylation is 2. The first kappa shape index (κ1) is 36.1. The molecule has 15 heteroatoms. The molecule has 0 amide bonds. The van der Waals surface area contributed by atoms with Gasteiger partial charge in [0.15, 0.2) is 0 Å². The Morgan fingerprint density at radius 1 is 1.04 bits per heavy atom. The number of nitriles is 1. The predicted octanol–water partition coefficient (Wildman–Crippen LogP) is 5.61. The number of alkyl halides is 3. The number of aromatic nitrogens is 3. The lowest BCUT2D eigenvalue weighted by atomic mass is 9.86. The van der Waals surface area contributed by atoms with Crippen LogP contribution in [0.5, 0.6) is 0 Å². The molecular formula is C36H45F3N8O2S2. The molecule has 274 valence electrons. The number of hydrogen-bond acceptors (Lipinski definition) is 9. The summed E-state index contributed by atoms with van der Waals surface area (Å²) in [6.45, 7) is 11.3. The predicted molar refractivity (Wildman–Crippen MR) is 195 cm³/mol. The van der Waals surface area contributed by atoms with Crippen molar-refractivity contribution in [2.24, 2.45) is 5.41 Å². The summed E-state index contributed by atoms with van der Waals surface area (Å²) in [7, 11) is -1.79. The highest BCUT2D eigenvalue weighted by molar-refractivity contribution is 7.90. The molecule has 1 atom stereocenters. The van der Waals surface area contributed by atoms with Crippen LogP contribution in [-0.4, -0.2) is 97.0 Å². The molecule has 10 nitrogen and oxygen atoms in total. The number of nitrogens with one attached hydrogen (secondary N) is 1. The normalized spacial score (nSPS) is 21.2. The summed E-state index contributed by atoms with van der Waals surface area (Å²) in [5.74, 6) is 1.43. The van der Waals surface area contributed by atoms with E-state index in [1.165, 1.54) is 18.2 Å². The van der Waals surface area contributed by atoms with Gasteiger partial charge in [-0.25, -0.2) is 23.1 Å². The van der Waals surface area contributed by atoms with E-state index < -0.39 is 22.6 Å². The van der Waals surface area contributed by atoms with E-state index in [-0.39, 0.29) is 15.5 Å². The second kappa shape index (κ2) is 13.9. The molecule has 3 aliphatic heterocycles. The smallest absolute Gasteiger partial charge is 0.355 e. The van der Waals surface area contributed by atoms with Gasteiger partial charge in [-0.3, -0.25) is 4.90 Å². The highest BCUT2D eigenvalue weighted by Crippen LogP contribution is 2.44. The van der Waals surface area contributed by atoms with Crippen molar-refractivity contribution >= 4 is 48.3 Å². The van der Waals surface area contributed by atoms with Crippen molar-refractivity contribution in [1.29, 1.82) is 5.26 Å². The Morgan fingerprint density at radius 3 is 2.51 bits per heavy atom. The average molecular weight is 743 g/mol. The van der Waals surface area contributed by atoms with Gasteiger partial charge in [0, 0.05) is 66.9 Å². The van der Waals surface area contributed by atoms with Crippen molar-refractivity contribution in [2.45, 2.75) is 76.9 Å². The van der Waals surface area contributed by atoms with E-state index in [0.29, 0.717) is 55.2 Å². The van der Waals surface area contributed by atoms with Crippen LogP contribution in [0.1, 0.15) is 60.1 Å². The Labute approximate surface area is 301 Å². The zero-order valence-corrected chi connectivity index (χ0v) is 31.0. The zero-order valence-electron chi connectivity index (χ0n) is 29.4. The molecule has 0 aliphatic carbocycles. The number of piperidine rings is 1. The third kappa shape index (κ3) is 7.35. The van der Waals surface area contributed by atoms with E-state index in [9.17, 15) is 26.9 Å². The fourth-order valence-corrected chi connectivity index (χ4v) is 10.7. The molecular weight excluding hydrogens is 698 g/mol. The molecule has 3 fully saturated rings. The van der Waals surface area contributed by atoms with Gasteiger partial charge in [-0.05, 0) is 88.6 Å². The molecule has 3 aliphatic rings. The van der Waals surface area contributed by atoms with Crippen molar-refractivity contribution in [3.63, 3.8) is 0 Å². The van der Waals surface area contributed by atoms with Gasteiger partial charge >= 0.3 is 6.18 Å². The van der Waals surface area contributed by atoms with Crippen molar-refractivity contribution < 1.29 is 21.6 Å². The van der Waals surface area contributed by atoms with Crippen LogP contribution in [0.2, 0.25) is 0 Å². The Balaban J connectivity index is 1.02. The zero-order chi connectivity index (χ0) is 36.1. The Bertz CT molecular complexity index is 2080. The monoisotopic (exact) mass is 742 g/mol. The standard InChI is InChI=1S/C36H45F3N8O2S2/c1-4-32-42-33(30-18-27(19-36(37,38)39)50-34(30)43-32)46-14-10-35(23-46)9-13-45(22-35)21-25-5-6-31-29(24(25)2)17-26(20-40)47(31)16-15-44-11-7-28(8-12-44)51(48,49)41-3/h5-6,17-18,28,41H,4,7-16,19,21-23H2,1-3H3. The van der Waals surface area contributed by atoms with Gasteiger partial charge in [-0.2, -0.15) is 18.4 Å². The Kier molecular flexibility index (Phi) is 9.85. The maximum absolute atomic E-state index is 13.2. The molecule has 6 heterocycles. The molecule has 4 aromatic rings. The van der Waals surface area contributed by atoms with Gasteiger partial charge in [0.2, 0.25) is 10.0 Å². The quantitative estimate of drug-likeness (QED) is 0.224. The van der Waals surface area contributed by atoms with Crippen molar-refractivity contribution in [1.82, 2.24) is 29.1 Å². The highest BCUT2D eigenvalue weighted by Gasteiger charge is 2.44. The van der Waals surface area contributed by atoms with Crippen molar-refractivity contribution in [3.8, 4) is 6.07 Å². The van der Waals surface area contributed by atoms with Crippen LogP contribution >= 0.6 is 11.3 Å². The SMILES string of the molecule is CCc1nc(N2CCC3(CCN(Cc4ccc5c(cc(C#N)n5CCN5CCC(S(=O)(=O)NC)CC5)c4C)C3)C2)c2cc(CC(F)(F)F)sc2n1. The second-order valence-corrected chi connectivity index (χ2v) is 17.8. The van der Waals surface area contributed by atoms with Gasteiger partial charge < -0.3 is 14.4 Å². The van der Waals surface area contributed by atoms with Crippen molar-refractivity contribution in [2.75, 3.05) is 57.8 Å². The molecule has 7 rings (SSSR count). The topological polar surface area (TPSA) is 110 Å². The first-order chi connectivity index (χ1) is 24.3. The van der Waals surface area contributed by atoms with Crippen LogP contribution in [0.25, 0.3) is 21.1 Å². The van der Waals surface area contributed by atoms with E-state index >= 15 is 0 Å². The third-order valence-electron chi connectivity index (χ3n) is 11.3. The van der Waals surface area contributed by atoms with E-state index in [0.717, 1.165) is 85.6 Å². The molecule has 3 saturated heterocycles. The number of benzene rings is 1. The summed E-state index contributed by atoms with van der Waals surface area (Å²) in [4.78, 5) is 17.4. The minimum absolute atomic E-state index is 0.0928. The molecule has 1 spiro atoms. The number of nitrogens with zero attached hydrogens (tertiary/aromatic N) is 7. The fourth-order valence-electron chi connectivity index (χ4n) is 8.41. The number of hydrogen-bond donors (Lipinski definition) is 1. The Hall–Kier alpha value is -3.29. The van der Waals surface area contributed by atoms with Crippen LogP contribution < -0.4 is 9.62 Å². The van der Waals surface area contributed by atoms with E-state index in [1.807, 2.05) is 13.0 Å². The number of thiophene rings is 1. The number of anilines is 1. The lowest BCUT2D eigenvalue weighted by molar-refractivity contribution is -0.126. The summed E-state index contributed by atoms with van der Waals surface area (Å²) in [5.41, 5.74) is 4.18. The molecule has 3 aromatic heterocycles. The van der Waals surface area contributed by atoms with Gasteiger partial charge in [0.05, 0.1) is 17.1 Å². The summed E-state index contributed by atoms with van der Waals surface area (Å²) in [6.07, 6.45) is -1.34. The fraction of sp³-hybridized carbons (Fsp3) is 0.583. The highest BCUT2D eigenvalue weighted by atomic mass is 32.2. The van der Waals surface area contributed by atoms with Gasteiger partial charge in [0.25, 0.3) is 0 Å². The van der Waals surface area contributed by atoms with Crippen LogP contribution in [0, 0.1) is 23.7 Å². The number of halogens is 3. The van der Waals surface area contributed by atoms with Gasteiger partial charge in [0.1, 0.15) is 28.2 Å². The average Bonchev–Trinajstić information content (AvgIpc) is 3.89. The van der Waals surface area contributed by atoms with E-state index in [4.69, 9.17) is 4.98 Å².